The molecule has 3 rings (SSSR count). The molecular weight excluding hydrogens is 418 g/mol. The number of anilines is 1. The van der Waals surface area contributed by atoms with Crippen LogP contribution in [0.4, 0.5) is 5.69 Å². The van der Waals surface area contributed by atoms with Gasteiger partial charge in [-0.15, -0.1) is 0 Å². The van der Waals surface area contributed by atoms with E-state index in [-0.39, 0.29) is 16.0 Å². The van der Waals surface area contributed by atoms with Crippen molar-refractivity contribution in [1.29, 1.82) is 0 Å². The lowest BCUT2D eigenvalue weighted by molar-refractivity contribution is -0.119. The zero-order valence-corrected chi connectivity index (χ0v) is 18.7. The van der Waals surface area contributed by atoms with Crippen LogP contribution in [0.2, 0.25) is 0 Å². The van der Waals surface area contributed by atoms with Gasteiger partial charge in [0.2, 0.25) is 15.9 Å². The predicted octanol–water partition coefficient (Wildman–Crippen LogP) is 2.65. The van der Waals surface area contributed by atoms with E-state index < -0.39 is 33.8 Å². The van der Waals surface area contributed by atoms with Gasteiger partial charge in [0, 0.05) is 18.8 Å². The summed E-state index contributed by atoms with van der Waals surface area (Å²) in [6.45, 7) is 7.35. The summed E-state index contributed by atoms with van der Waals surface area (Å²) in [4.78, 5) is 39.1. The number of nitrogens with zero attached hydrogens (tertiary/aromatic N) is 2. The van der Waals surface area contributed by atoms with E-state index >= 15 is 0 Å². The lowest BCUT2D eigenvalue weighted by Gasteiger charge is -2.23. The third-order valence-electron chi connectivity index (χ3n) is 5.40. The molecule has 0 bridgehead atoms. The molecule has 1 N–H and O–H groups in total. The Labute approximate surface area is 181 Å². The highest BCUT2D eigenvalue weighted by atomic mass is 32.2. The molecule has 1 unspecified atom stereocenters. The largest absolute Gasteiger partial charge is 0.324 e. The second kappa shape index (κ2) is 8.60. The van der Waals surface area contributed by atoms with Crippen molar-refractivity contribution in [2.45, 2.75) is 38.6 Å². The van der Waals surface area contributed by atoms with E-state index in [2.05, 4.69) is 5.32 Å². The summed E-state index contributed by atoms with van der Waals surface area (Å²) < 4.78 is 27.0. The van der Waals surface area contributed by atoms with E-state index in [4.69, 9.17) is 0 Å². The summed E-state index contributed by atoms with van der Waals surface area (Å²) in [7, 11) is -3.70. The maximum Gasteiger partial charge on any atom is 0.262 e. The van der Waals surface area contributed by atoms with Crippen LogP contribution in [0.1, 0.15) is 47.1 Å². The summed E-state index contributed by atoms with van der Waals surface area (Å²) >= 11 is 0. The molecule has 1 heterocycles. The maximum absolute atomic E-state index is 12.9. The third kappa shape index (κ3) is 3.98. The van der Waals surface area contributed by atoms with Crippen molar-refractivity contribution in [3.05, 3.63) is 59.2 Å². The highest BCUT2D eigenvalue weighted by Gasteiger charge is 2.40. The normalized spacial score (nSPS) is 14.7. The Kier molecular flexibility index (Phi) is 6.28. The maximum atomic E-state index is 12.9. The first kappa shape index (κ1) is 22.6. The van der Waals surface area contributed by atoms with Gasteiger partial charge in [-0.25, -0.2) is 8.42 Å². The van der Waals surface area contributed by atoms with E-state index in [1.807, 2.05) is 0 Å². The average molecular weight is 444 g/mol. The van der Waals surface area contributed by atoms with Crippen molar-refractivity contribution in [2.24, 2.45) is 0 Å². The second-order valence-corrected chi connectivity index (χ2v) is 9.20. The first-order chi connectivity index (χ1) is 14.6. The van der Waals surface area contributed by atoms with Gasteiger partial charge in [-0.05, 0) is 43.7 Å². The number of carbonyl (C=O) groups excluding carboxylic acids is 3. The molecule has 0 saturated heterocycles. The number of nitrogens with one attached hydrogen (secondary N) is 1. The summed E-state index contributed by atoms with van der Waals surface area (Å²) in [5.41, 5.74) is 1.48. The Morgan fingerprint density at radius 3 is 2.10 bits per heavy atom. The third-order valence-corrected chi connectivity index (χ3v) is 7.45. The van der Waals surface area contributed by atoms with Crippen LogP contribution in [0, 0.1) is 6.92 Å². The standard InChI is InChI=1S/C22H25N3O5S/c1-5-24(6-2)31(29,30)16-12-11-14(3)19(13-16)23-20(26)15(4)25-21(27)17-9-7-8-10-18(17)22(25)28/h7-13,15H,5-6H2,1-4H3,(H,23,26). The van der Waals surface area contributed by atoms with E-state index in [0.717, 1.165) is 4.90 Å². The lowest BCUT2D eigenvalue weighted by Crippen LogP contribution is -2.45. The van der Waals surface area contributed by atoms with Crippen LogP contribution in [0.25, 0.3) is 0 Å². The fourth-order valence-corrected chi connectivity index (χ4v) is 5.01. The van der Waals surface area contributed by atoms with E-state index in [9.17, 15) is 22.8 Å². The number of sulfonamides is 1. The minimum atomic E-state index is -3.70. The molecule has 0 aliphatic carbocycles. The SMILES string of the molecule is CCN(CC)S(=O)(=O)c1ccc(C)c(NC(=O)C(C)N2C(=O)c3ccccc3C2=O)c1. The monoisotopic (exact) mass is 443 g/mol. The molecule has 2 aromatic carbocycles. The zero-order valence-electron chi connectivity index (χ0n) is 17.9. The zero-order chi connectivity index (χ0) is 22.9. The fourth-order valence-electron chi connectivity index (χ4n) is 3.52. The molecule has 8 nitrogen and oxygen atoms in total. The van der Waals surface area contributed by atoms with Gasteiger partial charge in [0.15, 0.2) is 0 Å². The summed E-state index contributed by atoms with van der Waals surface area (Å²) in [5.74, 6) is -1.65. The van der Waals surface area contributed by atoms with Crippen molar-refractivity contribution in [3.63, 3.8) is 0 Å². The number of benzene rings is 2. The summed E-state index contributed by atoms with van der Waals surface area (Å²) in [6, 6.07) is 9.83. The van der Waals surface area contributed by atoms with Crippen LogP contribution in [-0.2, 0) is 14.8 Å². The number of imide groups is 1. The minimum Gasteiger partial charge on any atom is -0.324 e. The van der Waals surface area contributed by atoms with E-state index in [1.165, 1.54) is 23.4 Å². The number of fused-ring (bicyclic) bond motifs is 1. The van der Waals surface area contributed by atoms with Crippen LogP contribution in [0.5, 0.6) is 0 Å². The van der Waals surface area contributed by atoms with Gasteiger partial charge in [0.1, 0.15) is 6.04 Å². The first-order valence-electron chi connectivity index (χ1n) is 10.0. The Hall–Kier alpha value is -3.04. The Morgan fingerprint density at radius 1 is 1.03 bits per heavy atom. The molecule has 1 aliphatic rings. The molecule has 0 aromatic heterocycles. The average Bonchev–Trinajstić information content (AvgIpc) is 3.00. The summed E-state index contributed by atoms with van der Waals surface area (Å²) in [6.07, 6.45) is 0. The molecule has 3 amide bonds. The number of amides is 3. The Balaban J connectivity index is 1.86. The number of hydrogen-bond donors (Lipinski definition) is 1. The molecule has 0 spiro atoms. The van der Waals surface area contributed by atoms with Crippen LogP contribution in [-0.4, -0.2) is 54.5 Å². The van der Waals surface area contributed by atoms with Gasteiger partial charge < -0.3 is 5.32 Å². The highest BCUT2D eigenvalue weighted by Crippen LogP contribution is 2.26. The number of hydrogen-bond acceptors (Lipinski definition) is 5. The molecule has 0 fully saturated rings. The molecule has 0 saturated carbocycles. The van der Waals surface area contributed by atoms with E-state index in [0.29, 0.717) is 24.3 Å². The molecule has 1 atom stereocenters. The van der Waals surface area contributed by atoms with Crippen molar-refractivity contribution in [1.82, 2.24) is 9.21 Å². The molecule has 9 heteroatoms. The van der Waals surface area contributed by atoms with E-state index in [1.54, 1.807) is 51.1 Å². The van der Waals surface area contributed by atoms with Crippen molar-refractivity contribution < 1.29 is 22.8 Å². The number of aryl methyl sites for hydroxylation is 1. The molecule has 1 aliphatic heterocycles. The van der Waals surface area contributed by atoms with Gasteiger partial charge in [0.05, 0.1) is 16.0 Å². The topological polar surface area (TPSA) is 104 Å². The molecular formula is C22H25N3O5S. The quantitative estimate of drug-likeness (QED) is 0.663. The van der Waals surface area contributed by atoms with Crippen molar-refractivity contribution >= 4 is 33.4 Å². The number of carbonyl (C=O) groups is 3. The van der Waals surface area contributed by atoms with Gasteiger partial charge in [-0.3, -0.25) is 19.3 Å². The van der Waals surface area contributed by atoms with Crippen LogP contribution in [0.15, 0.2) is 47.4 Å². The van der Waals surface area contributed by atoms with Crippen LogP contribution in [0.3, 0.4) is 0 Å². The van der Waals surface area contributed by atoms with Gasteiger partial charge in [-0.1, -0.05) is 32.0 Å². The molecule has 164 valence electrons. The van der Waals surface area contributed by atoms with Gasteiger partial charge >= 0.3 is 0 Å². The number of rotatable bonds is 7. The Bertz CT molecular complexity index is 1120. The van der Waals surface area contributed by atoms with Crippen molar-refractivity contribution in [3.8, 4) is 0 Å². The summed E-state index contributed by atoms with van der Waals surface area (Å²) in [5, 5.41) is 2.67. The highest BCUT2D eigenvalue weighted by molar-refractivity contribution is 7.89. The molecule has 2 aromatic rings. The lowest BCUT2D eigenvalue weighted by atomic mass is 10.1. The minimum absolute atomic E-state index is 0.0606. The van der Waals surface area contributed by atoms with Crippen molar-refractivity contribution in [2.75, 3.05) is 18.4 Å². The fraction of sp³-hybridized carbons (Fsp3) is 0.318. The van der Waals surface area contributed by atoms with Gasteiger partial charge in [0.25, 0.3) is 11.8 Å². The molecule has 0 radical (unpaired) electrons. The molecule has 31 heavy (non-hydrogen) atoms. The van der Waals surface area contributed by atoms with Gasteiger partial charge in [-0.2, -0.15) is 4.31 Å². The first-order valence-corrected chi connectivity index (χ1v) is 11.5. The smallest absolute Gasteiger partial charge is 0.262 e. The van der Waals surface area contributed by atoms with Crippen LogP contribution >= 0.6 is 0 Å². The predicted molar refractivity (Wildman–Crippen MR) is 116 cm³/mol. The van der Waals surface area contributed by atoms with Crippen LogP contribution < -0.4 is 5.32 Å². The second-order valence-electron chi connectivity index (χ2n) is 7.26. The Morgan fingerprint density at radius 2 is 1.58 bits per heavy atom.